The Morgan fingerprint density at radius 3 is 1.74 bits per heavy atom. The topological polar surface area (TPSA) is 128 Å². The first-order valence-corrected chi connectivity index (χ1v) is 21.4. The van der Waals surface area contributed by atoms with Crippen LogP contribution in [0.25, 0.3) is 33.4 Å². The summed E-state index contributed by atoms with van der Waals surface area (Å²) in [5.74, 6) is 0.263. The average Bonchev–Trinajstić information content (AvgIpc) is 3.16. The molecule has 1 aliphatic heterocycles. The molecule has 0 bridgehead atoms. The highest BCUT2D eigenvalue weighted by atomic mass is 32.2. The zero-order valence-corrected chi connectivity index (χ0v) is 33.2. The van der Waals surface area contributed by atoms with Crippen molar-refractivity contribution in [2.75, 3.05) is 18.0 Å². The van der Waals surface area contributed by atoms with Crippen molar-refractivity contribution in [3.05, 3.63) is 119 Å². The summed E-state index contributed by atoms with van der Waals surface area (Å²) in [4.78, 5) is 1.53. The highest BCUT2D eigenvalue weighted by Crippen LogP contribution is 2.44. The minimum Gasteiger partial charge on any atom is -0.456 e. The van der Waals surface area contributed by atoms with Gasteiger partial charge in [0.2, 0.25) is 11.0 Å². The highest BCUT2D eigenvalue weighted by Gasteiger charge is 2.30. The number of hydrogen-bond donors (Lipinski definition) is 2. The number of rotatable bonds is 12. The van der Waals surface area contributed by atoms with Gasteiger partial charge >= 0.3 is 10.1 Å². The zero-order chi connectivity index (χ0) is 38.9. The van der Waals surface area contributed by atoms with Gasteiger partial charge < -0.3 is 9.32 Å². The van der Waals surface area contributed by atoms with E-state index < -0.39 is 20.2 Å². The lowest BCUT2D eigenvalue weighted by atomic mass is 9.93. The Bertz CT molecular complexity index is 2600. The molecule has 0 aromatic heterocycles. The molecule has 1 heterocycles. The summed E-state index contributed by atoms with van der Waals surface area (Å²) in [5, 5.41) is 0.708. The van der Waals surface area contributed by atoms with E-state index in [4.69, 9.17) is 4.42 Å². The fourth-order valence-corrected chi connectivity index (χ4v) is 9.11. The third-order valence-corrected chi connectivity index (χ3v) is 12.0. The molecule has 2 N–H and O–H groups in total. The van der Waals surface area contributed by atoms with Crippen LogP contribution in [-0.2, 0) is 45.9 Å². The first-order chi connectivity index (χ1) is 25.8. The average molecular weight is 768 g/mol. The van der Waals surface area contributed by atoms with Crippen molar-refractivity contribution in [2.24, 2.45) is 0 Å². The van der Waals surface area contributed by atoms with E-state index in [1.165, 1.54) is 29.3 Å². The number of nitrogens with zero attached hydrogens (tertiary/aromatic N) is 2. The predicted molar refractivity (Wildman–Crippen MR) is 216 cm³/mol. The molecule has 4 aromatic rings. The summed E-state index contributed by atoms with van der Waals surface area (Å²) in [6, 6.07) is 27.0. The van der Waals surface area contributed by atoms with Crippen LogP contribution in [-0.4, -0.2) is 39.0 Å². The van der Waals surface area contributed by atoms with Crippen LogP contribution in [0.5, 0.6) is 0 Å². The number of hydrogen-bond acceptors (Lipinski definition) is 6. The van der Waals surface area contributed by atoms with Gasteiger partial charge in [-0.05, 0) is 74.9 Å². The summed E-state index contributed by atoms with van der Waals surface area (Å²) in [7, 11) is -9.57. The third kappa shape index (κ3) is 7.09. The Morgan fingerprint density at radius 1 is 0.630 bits per heavy atom. The first-order valence-electron chi connectivity index (χ1n) is 18.5. The predicted octanol–water partition coefficient (Wildman–Crippen LogP) is 9.23. The van der Waals surface area contributed by atoms with Gasteiger partial charge in [-0.15, -0.1) is 0 Å². The second-order valence-corrected chi connectivity index (χ2v) is 16.0. The molecule has 1 aliphatic carbocycles. The largest absolute Gasteiger partial charge is 0.456 e. The van der Waals surface area contributed by atoms with Crippen molar-refractivity contribution < 1.29 is 30.4 Å². The van der Waals surface area contributed by atoms with Crippen molar-refractivity contribution in [1.29, 1.82) is 0 Å². The Labute approximate surface area is 318 Å². The van der Waals surface area contributed by atoms with Crippen LogP contribution in [0, 0.1) is 0 Å². The molecule has 6 rings (SSSR count). The normalized spacial score (nSPS) is 12.7. The molecule has 0 saturated carbocycles. The molecule has 0 unspecified atom stereocenters. The Kier molecular flexibility index (Phi) is 11.2. The van der Waals surface area contributed by atoms with Gasteiger partial charge in [0.15, 0.2) is 4.90 Å². The second-order valence-electron chi connectivity index (χ2n) is 13.2. The van der Waals surface area contributed by atoms with Crippen molar-refractivity contribution in [2.45, 2.75) is 77.0 Å². The van der Waals surface area contributed by atoms with Gasteiger partial charge in [-0.2, -0.15) is 21.4 Å². The summed E-state index contributed by atoms with van der Waals surface area (Å²) in [5.41, 5.74) is 8.42. The molecule has 2 aliphatic rings. The number of benzene rings is 5. The van der Waals surface area contributed by atoms with Gasteiger partial charge in [-0.3, -0.25) is 9.11 Å². The van der Waals surface area contributed by atoms with E-state index in [0.717, 1.165) is 41.0 Å². The quantitative estimate of drug-likeness (QED) is 0.0717. The standard InChI is InChI=1S/C43H46N2O7S2/c1-7-28-17-15-18-29(8-2)42(28)44(11-5)32-23-24-33-37(25-32)52-38-27-36(45(12-6)43-30(9-3)19-16-20-31(43)10-4)40(54(49,50)51)26-35(38)41(33)34-21-13-14-22-39(34)53(46,47)48/h13-27H,7-12H2,1-6H3,(H-,46,47,48,49,50,51)/p+1. The number of aryl methyl sites for hydroxylation is 4. The SMILES string of the molecule is CCc1cccc(CC)c1N(CC)c1ccc2c(-c3ccccc3S(=O)(=O)O)c3cc(S(=O)(=O)O)c(=[N+](CC)c4c(CC)cccc4CC)cc-3oc2c1. The number of fused-ring (bicyclic) bond motifs is 2. The van der Waals surface area contributed by atoms with Crippen LogP contribution in [0.15, 0.2) is 105 Å². The molecule has 0 amide bonds. The minimum absolute atomic E-state index is 0.154. The molecule has 0 radical (unpaired) electrons. The zero-order valence-electron chi connectivity index (χ0n) is 31.5. The van der Waals surface area contributed by atoms with Crippen LogP contribution in [0.1, 0.15) is 63.8 Å². The lowest BCUT2D eigenvalue weighted by molar-refractivity contribution is 0.479. The summed E-state index contributed by atoms with van der Waals surface area (Å²) < 4.78 is 82.2. The van der Waals surface area contributed by atoms with Crippen molar-refractivity contribution in [3.63, 3.8) is 0 Å². The monoisotopic (exact) mass is 767 g/mol. The molecule has 4 aromatic carbocycles. The Balaban J connectivity index is 1.81. The Hall–Kier alpha value is -4.81. The third-order valence-electron chi connectivity index (χ3n) is 10.2. The van der Waals surface area contributed by atoms with Gasteiger partial charge in [0.05, 0.1) is 6.07 Å². The van der Waals surface area contributed by atoms with Crippen LogP contribution in [0.2, 0.25) is 0 Å². The number of anilines is 2. The maximum atomic E-state index is 13.3. The fraction of sp³-hybridized carbons (Fsp3) is 0.279. The van der Waals surface area contributed by atoms with Gasteiger partial charge in [0.25, 0.3) is 10.1 Å². The first kappa shape index (κ1) is 38.9. The summed E-state index contributed by atoms with van der Waals surface area (Å²) in [6.45, 7) is 13.4. The molecule has 0 spiro atoms. The second kappa shape index (κ2) is 15.5. The molecule has 0 atom stereocenters. The molecular weight excluding hydrogens is 721 g/mol. The summed E-state index contributed by atoms with van der Waals surface area (Å²) in [6.07, 6.45) is 3.06. The molecule has 9 nitrogen and oxygen atoms in total. The van der Waals surface area contributed by atoms with E-state index in [2.05, 4.69) is 43.9 Å². The van der Waals surface area contributed by atoms with Gasteiger partial charge in [-0.1, -0.05) is 82.3 Å². The van der Waals surface area contributed by atoms with E-state index in [1.807, 2.05) is 61.7 Å². The molecule has 11 heteroatoms. The van der Waals surface area contributed by atoms with Crippen molar-refractivity contribution in [1.82, 2.24) is 4.58 Å². The van der Waals surface area contributed by atoms with Crippen LogP contribution < -0.4 is 14.8 Å². The van der Waals surface area contributed by atoms with Crippen molar-refractivity contribution in [3.8, 4) is 22.5 Å². The van der Waals surface area contributed by atoms with Gasteiger partial charge in [-0.25, -0.2) is 0 Å². The smallest absolute Gasteiger partial charge is 0.301 e. The van der Waals surface area contributed by atoms with E-state index in [0.29, 0.717) is 42.5 Å². The molecule has 0 saturated heterocycles. The minimum atomic E-state index is -4.84. The van der Waals surface area contributed by atoms with E-state index in [-0.39, 0.29) is 32.0 Å². The molecule has 54 heavy (non-hydrogen) atoms. The van der Waals surface area contributed by atoms with E-state index in [1.54, 1.807) is 18.2 Å². The van der Waals surface area contributed by atoms with Crippen LogP contribution in [0.4, 0.5) is 17.1 Å². The lowest BCUT2D eigenvalue weighted by Crippen LogP contribution is -2.32. The molecule has 0 fully saturated rings. The van der Waals surface area contributed by atoms with Gasteiger partial charge in [0.1, 0.15) is 22.8 Å². The molecular formula is C43H47N2O7S2+. The van der Waals surface area contributed by atoms with E-state index in [9.17, 15) is 25.9 Å². The highest BCUT2D eigenvalue weighted by molar-refractivity contribution is 7.86. The fourth-order valence-electron chi connectivity index (χ4n) is 7.71. The maximum Gasteiger partial charge on any atom is 0.301 e. The molecule has 282 valence electrons. The summed E-state index contributed by atoms with van der Waals surface area (Å²) >= 11 is 0. The van der Waals surface area contributed by atoms with Crippen molar-refractivity contribution >= 4 is 48.3 Å². The maximum absolute atomic E-state index is 13.3. The Morgan fingerprint density at radius 2 is 1.20 bits per heavy atom. The van der Waals surface area contributed by atoms with Crippen LogP contribution >= 0.6 is 0 Å². The number of para-hydroxylation sites is 2. The van der Waals surface area contributed by atoms with Gasteiger partial charge in [0, 0.05) is 57.2 Å². The van der Waals surface area contributed by atoms with E-state index >= 15 is 0 Å². The van der Waals surface area contributed by atoms with Crippen LogP contribution in [0.3, 0.4) is 0 Å². The lowest BCUT2D eigenvalue weighted by Gasteiger charge is -2.29.